The smallest absolute Gasteiger partial charge is 0.244 e. The van der Waals surface area contributed by atoms with Gasteiger partial charge in [0.1, 0.15) is 12.4 Å². The number of carbonyl (C=O) groups excluding carboxylic acids is 1. The Morgan fingerprint density at radius 1 is 1.30 bits per heavy atom. The maximum absolute atomic E-state index is 12.1. The average Bonchev–Trinajstić information content (AvgIpc) is 2.79. The van der Waals surface area contributed by atoms with Gasteiger partial charge in [-0.25, -0.2) is 4.98 Å². The van der Waals surface area contributed by atoms with Gasteiger partial charge in [-0.3, -0.25) is 9.79 Å². The van der Waals surface area contributed by atoms with Gasteiger partial charge in [0.05, 0.1) is 18.9 Å². The van der Waals surface area contributed by atoms with Crippen LogP contribution in [0.15, 0.2) is 53.4 Å². The van der Waals surface area contributed by atoms with Crippen molar-refractivity contribution in [2.24, 2.45) is 10.7 Å². The molecule has 3 rings (SSSR count). The number of nitrogens with one attached hydrogen (secondary N) is 2. The first kappa shape index (κ1) is 21.3. The second-order valence-corrected chi connectivity index (χ2v) is 6.77. The number of rotatable bonds is 8. The summed E-state index contributed by atoms with van der Waals surface area (Å²) in [5.74, 6) is 1.08. The third kappa shape index (κ3) is 6.28. The van der Waals surface area contributed by atoms with E-state index in [1.54, 1.807) is 11.1 Å². The van der Waals surface area contributed by atoms with Gasteiger partial charge in [0, 0.05) is 43.8 Å². The van der Waals surface area contributed by atoms with E-state index < -0.39 is 0 Å². The molecule has 0 bridgehead atoms. The van der Waals surface area contributed by atoms with Crippen LogP contribution in [0, 0.1) is 6.92 Å². The molecule has 158 valence electrons. The van der Waals surface area contributed by atoms with Crippen molar-refractivity contribution < 1.29 is 9.53 Å². The Morgan fingerprint density at radius 2 is 2.07 bits per heavy atom. The summed E-state index contributed by atoms with van der Waals surface area (Å²) in [4.78, 5) is 26.9. The molecule has 4 N–H and O–H groups in total. The molecule has 0 unspecified atom stereocenters. The first-order valence-corrected chi connectivity index (χ1v) is 9.81. The van der Waals surface area contributed by atoms with Crippen molar-refractivity contribution in [3.63, 3.8) is 0 Å². The zero-order chi connectivity index (χ0) is 21.2. The van der Waals surface area contributed by atoms with Gasteiger partial charge in [-0.15, -0.1) is 0 Å². The number of morpholine rings is 1. The number of aromatic nitrogens is 2. The summed E-state index contributed by atoms with van der Waals surface area (Å²) >= 11 is 0. The topological polar surface area (TPSA) is 118 Å². The van der Waals surface area contributed by atoms with Gasteiger partial charge in [-0.1, -0.05) is 30.3 Å². The number of aryl methyl sites for hydroxylation is 1. The highest BCUT2D eigenvalue weighted by atomic mass is 16.5. The zero-order valence-corrected chi connectivity index (χ0v) is 17.0. The lowest BCUT2D eigenvalue weighted by Crippen LogP contribution is -2.41. The molecular formula is C21H27N7O2. The van der Waals surface area contributed by atoms with Crippen LogP contribution in [0.25, 0.3) is 0 Å². The largest absolute Gasteiger partial charge is 0.403 e. The van der Waals surface area contributed by atoms with Crippen molar-refractivity contribution in [2.45, 2.75) is 13.5 Å². The van der Waals surface area contributed by atoms with Gasteiger partial charge in [0.15, 0.2) is 0 Å². The number of benzene rings is 1. The molecular weight excluding hydrogens is 382 g/mol. The van der Waals surface area contributed by atoms with Crippen LogP contribution in [0.4, 0.5) is 11.8 Å². The Bertz CT molecular complexity index is 893. The molecule has 2 aromatic rings. The third-order valence-corrected chi connectivity index (χ3v) is 4.53. The van der Waals surface area contributed by atoms with E-state index in [9.17, 15) is 4.79 Å². The van der Waals surface area contributed by atoms with Gasteiger partial charge < -0.3 is 26.0 Å². The first-order valence-electron chi connectivity index (χ1n) is 9.81. The first-order chi connectivity index (χ1) is 14.7. The molecule has 0 atom stereocenters. The van der Waals surface area contributed by atoms with Crippen LogP contribution < -0.4 is 16.4 Å². The molecule has 0 saturated carbocycles. The molecule has 0 aliphatic carbocycles. The maximum atomic E-state index is 12.1. The normalized spacial score (nSPS) is 14.7. The molecule has 1 saturated heterocycles. The number of carbonyl (C=O) groups is 1. The summed E-state index contributed by atoms with van der Waals surface area (Å²) in [6, 6.07) is 10.1. The molecule has 0 spiro atoms. The summed E-state index contributed by atoms with van der Waals surface area (Å²) in [7, 11) is 0. The minimum atomic E-state index is -0.0371. The Balaban J connectivity index is 1.56. The van der Waals surface area contributed by atoms with E-state index in [1.807, 2.05) is 37.3 Å². The average molecular weight is 409 g/mol. The monoisotopic (exact) mass is 409 g/mol. The quantitative estimate of drug-likeness (QED) is 0.566. The van der Waals surface area contributed by atoms with Gasteiger partial charge in [-0.05, 0) is 12.5 Å². The SMILES string of the molecule is Cc1cnc(N/C(C=NCC(=O)N2CCOCC2)=C/N)nc1NCc1ccccc1. The molecule has 1 amide bonds. The number of anilines is 2. The van der Waals surface area contributed by atoms with E-state index >= 15 is 0 Å². The highest BCUT2D eigenvalue weighted by molar-refractivity contribution is 5.85. The fourth-order valence-corrected chi connectivity index (χ4v) is 2.84. The maximum Gasteiger partial charge on any atom is 0.244 e. The van der Waals surface area contributed by atoms with E-state index in [4.69, 9.17) is 10.5 Å². The van der Waals surface area contributed by atoms with E-state index in [0.29, 0.717) is 44.5 Å². The molecule has 30 heavy (non-hydrogen) atoms. The van der Waals surface area contributed by atoms with Crippen molar-refractivity contribution in [3.8, 4) is 0 Å². The van der Waals surface area contributed by atoms with Gasteiger partial charge in [0.25, 0.3) is 0 Å². The number of nitrogens with zero attached hydrogens (tertiary/aromatic N) is 4. The zero-order valence-electron chi connectivity index (χ0n) is 17.0. The summed E-state index contributed by atoms with van der Waals surface area (Å²) in [6.07, 6.45) is 4.61. The lowest BCUT2D eigenvalue weighted by atomic mass is 10.2. The van der Waals surface area contributed by atoms with Crippen LogP contribution in [0.5, 0.6) is 0 Å². The standard InChI is InChI=1S/C21H27N7O2/c1-16-12-25-21(27-20(16)24-13-17-5-3-2-4-6-17)26-18(11-22)14-23-15-19(29)28-7-9-30-10-8-28/h2-6,11-12,14H,7-10,13,15,22H2,1H3,(H2,24,25,26,27)/b18-11+,23-14?. The van der Waals surface area contributed by atoms with E-state index in [-0.39, 0.29) is 12.5 Å². The highest BCUT2D eigenvalue weighted by Crippen LogP contribution is 2.14. The van der Waals surface area contributed by atoms with Gasteiger partial charge in [0.2, 0.25) is 11.9 Å². The molecule has 1 aromatic heterocycles. The van der Waals surface area contributed by atoms with Crippen molar-refractivity contribution in [1.29, 1.82) is 0 Å². The highest BCUT2D eigenvalue weighted by Gasteiger charge is 2.15. The molecule has 0 radical (unpaired) electrons. The minimum Gasteiger partial charge on any atom is -0.403 e. The van der Waals surface area contributed by atoms with E-state index in [0.717, 1.165) is 16.9 Å². The molecule has 1 aromatic carbocycles. The molecule has 1 aliphatic rings. The predicted molar refractivity (Wildman–Crippen MR) is 117 cm³/mol. The van der Waals surface area contributed by atoms with Gasteiger partial charge >= 0.3 is 0 Å². The Morgan fingerprint density at radius 3 is 2.80 bits per heavy atom. The predicted octanol–water partition coefficient (Wildman–Crippen LogP) is 1.54. The summed E-state index contributed by atoms with van der Waals surface area (Å²) < 4.78 is 5.25. The van der Waals surface area contributed by atoms with Crippen molar-refractivity contribution in [2.75, 3.05) is 43.5 Å². The van der Waals surface area contributed by atoms with Gasteiger partial charge in [-0.2, -0.15) is 4.98 Å². The molecule has 9 nitrogen and oxygen atoms in total. The molecule has 1 fully saturated rings. The number of ether oxygens (including phenoxy) is 1. The number of hydrogen-bond acceptors (Lipinski definition) is 8. The summed E-state index contributed by atoms with van der Waals surface area (Å²) in [6.45, 7) is 4.98. The lowest BCUT2D eigenvalue weighted by molar-refractivity contribution is -0.133. The molecule has 1 aliphatic heterocycles. The lowest BCUT2D eigenvalue weighted by Gasteiger charge is -2.26. The van der Waals surface area contributed by atoms with Crippen molar-refractivity contribution in [1.82, 2.24) is 14.9 Å². The summed E-state index contributed by atoms with van der Waals surface area (Å²) in [5.41, 5.74) is 8.27. The van der Waals surface area contributed by atoms with Crippen molar-refractivity contribution >= 4 is 23.9 Å². The fourth-order valence-electron chi connectivity index (χ4n) is 2.84. The Kier molecular flexibility index (Phi) is 7.73. The number of allylic oxidation sites excluding steroid dienone is 1. The van der Waals surface area contributed by atoms with Crippen LogP contribution in [0.3, 0.4) is 0 Å². The van der Waals surface area contributed by atoms with Crippen molar-refractivity contribution in [3.05, 3.63) is 59.6 Å². The second kappa shape index (κ2) is 10.9. The van der Waals surface area contributed by atoms with E-state index in [2.05, 4.69) is 25.6 Å². The number of aliphatic imine (C=N–C) groups is 1. The number of nitrogens with two attached hydrogens (primary N) is 1. The minimum absolute atomic E-state index is 0.0371. The number of hydrogen-bond donors (Lipinski definition) is 3. The molecule has 2 heterocycles. The van der Waals surface area contributed by atoms with Crippen LogP contribution in [-0.2, 0) is 16.1 Å². The van der Waals surface area contributed by atoms with Crippen LogP contribution >= 0.6 is 0 Å². The third-order valence-electron chi connectivity index (χ3n) is 4.53. The number of amides is 1. The summed E-state index contributed by atoms with van der Waals surface area (Å²) in [5, 5.41) is 6.35. The molecule has 9 heteroatoms. The second-order valence-electron chi connectivity index (χ2n) is 6.77. The van der Waals surface area contributed by atoms with Crippen LogP contribution in [0.2, 0.25) is 0 Å². The Hall–Kier alpha value is -3.46. The van der Waals surface area contributed by atoms with E-state index in [1.165, 1.54) is 12.4 Å². The Labute approximate surface area is 176 Å². The van der Waals surface area contributed by atoms with Crippen LogP contribution in [-0.4, -0.2) is 59.8 Å². The van der Waals surface area contributed by atoms with Crippen LogP contribution in [0.1, 0.15) is 11.1 Å². The fraction of sp³-hybridized carbons (Fsp3) is 0.333.